The lowest BCUT2D eigenvalue weighted by molar-refractivity contribution is -0.763. The highest BCUT2D eigenvalue weighted by Crippen LogP contribution is 2.32. The number of amides is 1. The maximum absolute atomic E-state index is 13.4. The Hall–Kier alpha value is -4.16. The third-order valence-electron chi connectivity index (χ3n) is 5.16. The number of rotatable bonds is 10. The van der Waals surface area contributed by atoms with Crippen molar-refractivity contribution in [2.24, 2.45) is 9.98 Å². The lowest BCUT2D eigenvalue weighted by Crippen LogP contribution is -2.36. The van der Waals surface area contributed by atoms with E-state index in [1.54, 1.807) is 57.7 Å². The zero-order valence-electron chi connectivity index (χ0n) is 20.5. The molecule has 0 N–H and O–H groups in total. The molecule has 0 saturated heterocycles. The molecule has 2 aromatic carbocycles. The van der Waals surface area contributed by atoms with E-state index in [1.807, 2.05) is 18.2 Å². The van der Waals surface area contributed by atoms with Crippen LogP contribution in [0.2, 0.25) is 0 Å². The zero-order valence-corrected chi connectivity index (χ0v) is 21.3. The Morgan fingerprint density at radius 1 is 1.19 bits per heavy atom. The van der Waals surface area contributed by atoms with Gasteiger partial charge >= 0.3 is 5.88 Å². The maximum atomic E-state index is 13.4. The number of methoxy groups -OCH3 is 3. The van der Waals surface area contributed by atoms with E-state index >= 15 is 0 Å². The number of anilines is 1. The van der Waals surface area contributed by atoms with Crippen LogP contribution in [-0.2, 0) is 16.1 Å². The molecule has 1 aliphatic rings. The fraction of sp³-hybridized carbons (Fsp3) is 0.240. The van der Waals surface area contributed by atoms with Crippen LogP contribution in [0.5, 0.6) is 11.5 Å². The topological polar surface area (TPSA) is 126 Å². The molecule has 3 aromatic rings. The quantitative estimate of drug-likeness (QED) is 0.171. The van der Waals surface area contributed by atoms with Crippen LogP contribution in [0.4, 0.5) is 11.6 Å². The zero-order chi connectivity index (χ0) is 26.2. The number of amidine groups is 1. The minimum absolute atomic E-state index is 0.0655. The first-order valence-corrected chi connectivity index (χ1v) is 12.2. The van der Waals surface area contributed by atoms with Crippen LogP contribution in [0.25, 0.3) is 6.08 Å². The Kier molecular flexibility index (Phi) is 8.54. The van der Waals surface area contributed by atoms with Crippen molar-refractivity contribution in [2.75, 3.05) is 38.6 Å². The number of thioether (sulfide) groups is 1. The maximum Gasteiger partial charge on any atom is 0.320 e. The third kappa shape index (κ3) is 6.35. The van der Waals surface area contributed by atoms with E-state index in [2.05, 4.69) is 15.3 Å². The molecule has 0 aliphatic carbocycles. The third-order valence-corrected chi connectivity index (χ3v) is 6.08. The first-order chi connectivity index (χ1) is 18.0. The van der Waals surface area contributed by atoms with Gasteiger partial charge in [0.1, 0.15) is 23.8 Å². The van der Waals surface area contributed by atoms with Crippen LogP contribution < -0.4 is 24.2 Å². The number of para-hydroxylation sites is 1. The average molecular weight is 524 g/mol. The number of ether oxygens (including phenoxy) is 3. The average Bonchev–Trinajstić information content (AvgIpc) is 3.49. The number of aromatic nitrogens is 2. The molecule has 0 saturated carbocycles. The van der Waals surface area contributed by atoms with Gasteiger partial charge in [0, 0.05) is 18.4 Å². The van der Waals surface area contributed by atoms with E-state index in [0.717, 1.165) is 11.8 Å². The second-order valence-corrected chi connectivity index (χ2v) is 8.54. The molecule has 1 amide bonds. The smallest absolute Gasteiger partial charge is 0.320 e. The number of hydrogen-bond donors (Lipinski definition) is 0. The van der Waals surface area contributed by atoms with Crippen molar-refractivity contribution in [3.63, 3.8) is 0 Å². The Morgan fingerprint density at radius 2 is 2.00 bits per heavy atom. The van der Waals surface area contributed by atoms with Crippen LogP contribution >= 0.6 is 11.8 Å². The molecule has 11 nitrogen and oxygen atoms in total. The van der Waals surface area contributed by atoms with Gasteiger partial charge in [0.15, 0.2) is 5.17 Å². The van der Waals surface area contributed by atoms with Gasteiger partial charge in [0.05, 0.1) is 19.9 Å². The molecule has 1 aliphatic heterocycles. The first-order valence-electron chi connectivity index (χ1n) is 11.2. The molecule has 1 aromatic heterocycles. The Balaban J connectivity index is 1.59. The summed E-state index contributed by atoms with van der Waals surface area (Å²) < 4.78 is 22.3. The van der Waals surface area contributed by atoms with E-state index in [9.17, 15) is 9.90 Å². The molecule has 0 fully saturated rings. The molecule has 0 bridgehead atoms. The van der Waals surface area contributed by atoms with Gasteiger partial charge in [-0.3, -0.25) is 14.2 Å². The highest BCUT2D eigenvalue weighted by molar-refractivity contribution is 8.14. The molecule has 4 rings (SSSR count). The molecule has 192 valence electrons. The molecule has 2 heterocycles. The van der Waals surface area contributed by atoms with Gasteiger partial charge in [-0.25, -0.2) is 9.98 Å². The molecule has 0 atom stereocenters. The van der Waals surface area contributed by atoms with Gasteiger partial charge in [-0.1, -0.05) is 30.0 Å². The Morgan fingerprint density at radius 3 is 2.73 bits per heavy atom. The van der Waals surface area contributed by atoms with Gasteiger partial charge in [0.2, 0.25) is 11.8 Å². The van der Waals surface area contributed by atoms with Crippen LogP contribution in [-0.4, -0.2) is 55.9 Å². The number of nitrogens with zero attached hydrogens (tertiary/aromatic N) is 5. The molecule has 37 heavy (non-hydrogen) atoms. The molecular formula is C25H25N5O6S. The predicted molar refractivity (Wildman–Crippen MR) is 137 cm³/mol. The van der Waals surface area contributed by atoms with E-state index in [0.29, 0.717) is 41.1 Å². The molecule has 0 spiro atoms. The van der Waals surface area contributed by atoms with Crippen molar-refractivity contribution in [1.82, 2.24) is 5.27 Å². The van der Waals surface area contributed by atoms with Crippen LogP contribution in [0.1, 0.15) is 5.56 Å². The van der Waals surface area contributed by atoms with Crippen LogP contribution in [0.15, 0.2) is 74.9 Å². The summed E-state index contributed by atoms with van der Waals surface area (Å²) in [5.74, 6) is 0.390. The number of aliphatic imine (C=N–C) groups is 2. The summed E-state index contributed by atoms with van der Waals surface area (Å²) in [5.41, 5.74) is 1.45. The molecular weight excluding hydrogens is 498 g/mol. The summed E-state index contributed by atoms with van der Waals surface area (Å²) in [6.45, 7) is 0.914. The summed E-state index contributed by atoms with van der Waals surface area (Å²) in [6.07, 6.45) is 3.14. The lowest BCUT2D eigenvalue weighted by Gasteiger charge is -2.18. The van der Waals surface area contributed by atoms with Crippen molar-refractivity contribution in [3.05, 3.63) is 66.0 Å². The van der Waals surface area contributed by atoms with Gasteiger partial charge in [-0.05, 0) is 47.0 Å². The molecule has 0 unspecified atom stereocenters. The summed E-state index contributed by atoms with van der Waals surface area (Å²) in [7, 11) is 4.68. The van der Waals surface area contributed by atoms with Gasteiger partial charge in [-0.2, -0.15) is 0 Å². The van der Waals surface area contributed by atoms with Gasteiger partial charge in [-0.15, -0.1) is 0 Å². The highest BCUT2D eigenvalue weighted by Gasteiger charge is 2.32. The summed E-state index contributed by atoms with van der Waals surface area (Å²) >= 11 is 1.10. The SMILES string of the molecule is COCC[n+]1cc(/N=C(\[O-])CSC2=N/C(=C/c3cc(OC)ccc3OC)C(=O)N2c2ccccc2)on1. The fourth-order valence-corrected chi connectivity index (χ4v) is 4.18. The van der Waals surface area contributed by atoms with E-state index < -0.39 is 5.90 Å². The standard InChI is InChI=1S/C25H25N5O6S/c1-33-12-11-29-15-23(36-28-29)27-22(31)16-37-25-26-20(24(32)30(25)18-7-5-4-6-8-18)14-17-13-19(34-2)9-10-21(17)35-3/h4-10,13-15H,11-12,16H2,1-3H3/b20-14+. The molecule has 0 radical (unpaired) electrons. The highest BCUT2D eigenvalue weighted by atomic mass is 32.2. The lowest BCUT2D eigenvalue weighted by atomic mass is 10.1. The van der Waals surface area contributed by atoms with Crippen LogP contribution in [0, 0.1) is 0 Å². The normalized spacial score (nSPS) is 14.8. The predicted octanol–water partition coefficient (Wildman–Crippen LogP) is 2.19. The van der Waals surface area contributed by atoms with Crippen LogP contribution in [0.3, 0.4) is 0 Å². The number of carbonyl (C=O) groups excluding carboxylic acids is 1. The van der Waals surface area contributed by atoms with Gasteiger partial charge < -0.3 is 19.3 Å². The van der Waals surface area contributed by atoms with Crippen molar-refractivity contribution in [3.8, 4) is 11.5 Å². The van der Waals surface area contributed by atoms with E-state index in [1.165, 1.54) is 15.8 Å². The summed E-state index contributed by atoms with van der Waals surface area (Å²) in [5, 5.41) is 16.7. The number of hydrogen-bond acceptors (Lipinski definition) is 10. The van der Waals surface area contributed by atoms with Gasteiger partial charge in [0.25, 0.3) is 12.1 Å². The van der Waals surface area contributed by atoms with Crippen molar-refractivity contribution in [1.29, 1.82) is 0 Å². The minimum Gasteiger partial charge on any atom is -0.861 e. The summed E-state index contributed by atoms with van der Waals surface area (Å²) in [4.78, 5) is 23.4. The number of carbonyl (C=O) groups is 1. The Bertz CT molecular complexity index is 1340. The van der Waals surface area contributed by atoms with E-state index in [4.69, 9.17) is 18.7 Å². The first kappa shape index (κ1) is 25.9. The largest absolute Gasteiger partial charge is 0.861 e. The second-order valence-electron chi connectivity index (χ2n) is 7.60. The Labute approximate surface area is 217 Å². The summed E-state index contributed by atoms with van der Waals surface area (Å²) in [6, 6.07) is 14.4. The fourth-order valence-electron chi connectivity index (χ4n) is 3.39. The van der Waals surface area contributed by atoms with E-state index in [-0.39, 0.29) is 23.2 Å². The number of benzene rings is 2. The minimum atomic E-state index is -0.463. The monoisotopic (exact) mass is 523 g/mol. The van der Waals surface area contributed by atoms with Crippen molar-refractivity contribution in [2.45, 2.75) is 6.54 Å². The van der Waals surface area contributed by atoms with Crippen molar-refractivity contribution < 1.29 is 33.3 Å². The van der Waals surface area contributed by atoms with Crippen molar-refractivity contribution >= 4 is 46.4 Å². The molecule has 12 heteroatoms. The second kappa shape index (κ2) is 12.2.